The molecule has 0 amide bonds. The summed E-state index contributed by atoms with van der Waals surface area (Å²) in [6, 6.07) is 9.48. The van der Waals surface area contributed by atoms with Gasteiger partial charge in [-0.15, -0.1) is 0 Å². The zero-order chi connectivity index (χ0) is 15.1. The van der Waals surface area contributed by atoms with E-state index in [2.05, 4.69) is 60.3 Å². The van der Waals surface area contributed by atoms with Gasteiger partial charge in [-0.3, -0.25) is 0 Å². The molecule has 1 saturated heterocycles. The maximum absolute atomic E-state index is 3.73. The van der Waals surface area contributed by atoms with Gasteiger partial charge >= 0.3 is 0 Å². The molecule has 3 nitrogen and oxygen atoms in total. The summed E-state index contributed by atoms with van der Waals surface area (Å²) in [6.07, 6.45) is 2.47. The van der Waals surface area contributed by atoms with E-state index in [1.165, 1.54) is 50.1 Å². The Hall–Kier alpha value is -0.900. The molecular weight excluding hydrogens is 258 g/mol. The quantitative estimate of drug-likeness (QED) is 0.868. The maximum Gasteiger partial charge on any atom is 0.0449 e. The molecule has 21 heavy (non-hydrogen) atoms. The Morgan fingerprint density at radius 3 is 2.57 bits per heavy atom. The molecule has 1 fully saturated rings. The highest BCUT2D eigenvalue weighted by atomic mass is 15.2. The first-order valence-electron chi connectivity index (χ1n) is 8.40. The Balaban J connectivity index is 1.99. The molecule has 1 N–H and O–H groups in total. The molecule has 0 aromatic heterocycles. The van der Waals surface area contributed by atoms with Crippen molar-refractivity contribution in [3.05, 3.63) is 35.4 Å². The second-order valence-electron chi connectivity index (χ2n) is 6.37. The van der Waals surface area contributed by atoms with Crippen LogP contribution in [0.25, 0.3) is 0 Å². The maximum atomic E-state index is 3.73. The molecule has 1 unspecified atom stereocenters. The molecule has 0 radical (unpaired) electrons. The Bertz CT molecular complexity index is 401. The highest BCUT2D eigenvalue weighted by Gasteiger charge is 2.18. The number of hydrogen-bond donors (Lipinski definition) is 1. The van der Waals surface area contributed by atoms with Gasteiger partial charge in [0.05, 0.1) is 0 Å². The van der Waals surface area contributed by atoms with E-state index in [0.29, 0.717) is 6.04 Å². The number of benzene rings is 1. The van der Waals surface area contributed by atoms with Gasteiger partial charge in [-0.25, -0.2) is 0 Å². The zero-order valence-electron chi connectivity index (χ0n) is 13.9. The third-order valence-electron chi connectivity index (χ3n) is 4.37. The van der Waals surface area contributed by atoms with Crippen molar-refractivity contribution in [2.75, 3.05) is 46.3 Å². The summed E-state index contributed by atoms with van der Waals surface area (Å²) >= 11 is 0. The number of nitrogens with zero attached hydrogens (tertiary/aromatic N) is 2. The van der Waals surface area contributed by atoms with E-state index >= 15 is 0 Å². The van der Waals surface area contributed by atoms with Crippen LogP contribution in [0.4, 0.5) is 0 Å². The Morgan fingerprint density at radius 2 is 1.86 bits per heavy atom. The van der Waals surface area contributed by atoms with Crippen molar-refractivity contribution in [3.8, 4) is 0 Å². The topological polar surface area (TPSA) is 18.5 Å². The molecule has 118 valence electrons. The predicted octanol–water partition coefficient (Wildman–Crippen LogP) is 2.67. The van der Waals surface area contributed by atoms with Gasteiger partial charge in [-0.1, -0.05) is 36.8 Å². The van der Waals surface area contributed by atoms with Crippen molar-refractivity contribution >= 4 is 0 Å². The van der Waals surface area contributed by atoms with Gasteiger partial charge in [0.2, 0.25) is 0 Å². The first-order chi connectivity index (χ1) is 10.2. The molecule has 0 aliphatic carbocycles. The van der Waals surface area contributed by atoms with Crippen LogP contribution in [0.2, 0.25) is 0 Å². The van der Waals surface area contributed by atoms with E-state index in [0.717, 1.165) is 13.1 Å². The van der Waals surface area contributed by atoms with Crippen LogP contribution >= 0.6 is 0 Å². The molecule has 0 bridgehead atoms. The van der Waals surface area contributed by atoms with Gasteiger partial charge < -0.3 is 15.1 Å². The third kappa shape index (κ3) is 5.42. The first kappa shape index (κ1) is 16.5. The van der Waals surface area contributed by atoms with Crippen molar-refractivity contribution in [1.82, 2.24) is 15.1 Å². The average Bonchev–Trinajstić information content (AvgIpc) is 2.69. The fourth-order valence-corrected chi connectivity index (χ4v) is 2.95. The highest BCUT2D eigenvalue weighted by Crippen LogP contribution is 2.16. The number of hydrogen-bond acceptors (Lipinski definition) is 3. The molecule has 1 aliphatic rings. The van der Waals surface area contributed by atoms with Crippen LogP contribution in [0.15, 0.2) is 24.3 Å². The van der Waals surface area contributed by atoms with Gasteiger partial charge in [0, 0.05) is 25.7 Å². The van der Waals surface area contributed by atoms with Crippen molar-refractivity contribution in [1.29, 1.82) is 0 Å². The largest absolute Gasteiger partial charge is 0.309 e. The molecule has 1 atom stereocenters. The molecule has 0 saturated carbocycles. The smallest absolute Gasteiger partial charge is 0.0449 e. The lowest BCUT2D eigenvalue weighted by atomic mass is 10.0. The minimum Gasteiger partial charge on any atom is -0.309 e. The minimum atomic E-state index is 0.453. The van der Waals surface area contributed by atoms with Crippen LogP contribution in [-0.2, 0) is 0 Å². The standard InChI is InChI=1S/C18H31N3/c1-4-10-19-18(17-8-6-16(2)7-9-17)15-21-12-5-11-20(3)13-14-21/h6-9,18-19H,4-5,10-15H2,1-3H3. The van der Waals surface area contributed by atoms with Crippen LogP contribution < -0.4 is 5.32 Å². The average molecular weight is 289 g/mol. The predicted molar refractivity (Wildman–Crippen MR) is 90.8 cm³/mol. The molecule has 3 heteroatoms. The van der Waals surface area contributed by atoms with Gasteiger partial charge in [-0.2, -0.15) is 0 Å². The fraction of sp³-hybridized carbons (Fsp3) is 0.667. The van der Waals surface area contributed by atoms with Crippen molar-refractivity contribution < 1.29 is 0 Å². The second kappa shape index (κ2) is 8.52. The Morgan fingerprint density at radius 1 is 1.10 bits per heavy atom. The van der Waals surface area contributed by atoms with Crippen LogP contribution in [-0.4, -0.2) is 56.1 Å². The molecule has 2 rings (SSSR count). The van der Waals surface area contributed by atoms with E-state index in [4.69, 9.17) is 0 Å². The summed E-state index contributed by atoms with van der Waals surface area (Å²) in [6.45, 7) is 11.4. The highest BCUT2D eigenvalue weighted by molar-refractivity contribution is 5.24. The van der Waals surface area contributed by atoms with E-state index in [1.54, 1.807) is 0 Å². The van der Waals surface area contributed by atoms with Crippen molar-refractivity contribution in [3.63, 3.8) is 0 Å². The van der Waals surface area contributed by atoms with Crippen LogP contribution in [0.5, 0.6) is 0 Å². The number of likely N-dealkylation sites (N-methyl/N-ethyl adjacent to an activating group) is 1. The van der Waals surface area contributed by atoms with Gasteiger partial charge in [-0.05, 0) is 52.0 Å². The summed E-state index contributed by atoms with van der Waals surface area (Å²) in [7, 11) is 2.23. The number of aryl methyl sites for hydroxylation is 1. The minimum absolute atomic E-state index is 0.453. The summed E-state index contributed by atoms with van der Waals surface area (Å²) < 4.78 is 0. The van der Waals surface area contributed by atoms with Gasteiger partial charge in [0.15, 0.2) is 0 Å². The molecular formula is C18H31N3. The van der Waals surface area contributed by atoms with Gasteiger partial charge in [0.25, 0.3) is 0 Å². The van der Waals surface area contributed by atoms with Crippen molar-refractivity contribution in [2.24, 2.45) is 0 Å². The lowest BCUT2D eigenvalue weighted by Crippen LogP contribution is -2.37. The van der Waals surface area contributed by atoms with E-state index in [1.807, 2.05) is 0 Å². The summed E-state index contributed by atoms with van der Waals surface area (Å²) in [5, 5.41) is 3.73. The van der Waals surface area contributed by atoms with E-state index in [-0.39, 0.29) is 0 Å². The lowest BCUT2D eigenvalue weighted by molar-refractivity contribution is 0.247. The third-order valence-corrected chi connectivity index (χ3v) is 4.37. The first-order valence-corrected chi connectivity index (χ1v) is 8.40. The van der Waals surface area contributed by atoms with Gasteiger partial charge in [0.1, 0.15) is 0 Å². The SMILES string of the molecule is CCCNC(CN1CCCN(C)CC1)c1ccc(C)cc1. The molecule has 1 aromatic carbocycles. The van der Waals surface area contributed by atoms with Crippen LogP contribution in [0, 0.1) is 6.92 Å². The number of nitrogens with one attached hydrogen (secondary N) is 1. The monoisotopic (exact) mass is 289 g/mol. The van der Waals surface area contributed by atoms with Crippen LogP contribution in [0.3, 0.4) is 0 Å². The van der Waals surface area contributed by atoms with E-state index < -0.39 is 0 Å². The zero-order valence-corrected chi connectivity index (χ0v) is 13.9. The molecule has 1 heterocycles. The molecule has 0 spiro atoms. The number of rotatable bonds is 6. The Labute approximate surface area is 130 Å². The van der Waals surface area contributed by atoms with Crippen LogP contribution in [0.1, 0.15) is 36.9 Å². The summed E-state index contributed by atoms with van der Waals surface area (Å²) in [4.78, 5) is 5.07. The Kier molecular flexibility index (Phi) is 6.68. The second-order valence-corrected chi connectivity index (χ2v) is 6.37. The van der Waals surface area contributed by atoms with E-state index in [9.17, 15) is 0 Å². The normalized spacial score (nSPS) is 19.4. The lowest BCUT2D eigenvalue weighted by Gasteiger charge is -2.27. The molecule has 1 aliphatic heterocycles. The summed E-state index contributed by atoms with van der Waals surface area (Å²) in [5.41, 5.74) is 2.76. The fourth-order valence-electron chi connectivity index (χ4n) is 2.95. The summed E-state index contributed by atoms with van der Waals surface area (Å²) in [5.74, 6) is 0. The molecule has 1 aromatic rings. The van der Waals surface area contributed by atoms with Crippen molar-refractivity contribution in [2.45, 2.75) is 32.7 Å².